The first-order chi connectivity index (χ1) is 7.89. The zero-order valence-corrected chi connectivity index (χ0v) is 10.9. The largest absolute Gasteiger partial charge is 0.348 e. The van der Waals surface area contributed by atoms with Crippen molar-refractivity contribution in [3.05, 3.63) is 35.4 Å². The molecule has 1 aromatic carbocycles. The summed E-state index contributed by atoms with van der Waals surface area (Å²) < 4.78 is 0. The molecule has 0 unspecified atom stereocenters. The van der Waals surface area contributed by atoms with Crippen LogP contribution in [0.2, 0.25) is 0 Å². The first kappa shape index (κ1) is 13.4. The van der Waals surface area contributed by atoms with E-state index in [2.05, 4.69) is 0 Å². The van der Waals surface area contributed by atoms with Gasteiger partial charge in [0.05, 0.1) is 5.41 Å². The molecule has 3 heteroatoms. The third-order valence-corrected chi connectivity index (χ3v) is 2.94. The molecule has 0 bridgehead atoms. The van der Waals surface area contributed by atoms with E-state index in [0.29, 0.717) is 6.42 Å². The third-order valence-electron chi connectivity index (χ3n) is 2.94. The van der Waals surface area contributed by atoms with Crippen molar-refractivity contribution in [2.24, 2.45) is 0 Å². The Kier molecular flexibility index (Phi) is 4.05. The lowest BCUT2D eigenvalue weighted by molar-refractivity contribution is -0.133. The van der Waals surface area contributed by atoms with E-state index < -0.39 is 5.41 Å². The number of hydrogen-bond donors (Lipinski definition) is 0. The molecule has 0 aliphatic rings. The number of amides is 1. The molecule has 1 amide bonds. The van der Waals surface area contributed by atoms with Crippen LogP contribution >= 0.6 is 0 Å². The number of benzene rings is 1. The van der Waals surface area contributed by atoms with E-state index in [1.54, 1.807) is 19.0 Å². The quantitative estimate of drug-likeness (QED) is 0.744. The minimum Gasteiger partial charge on any atom is -0.348 e. The maximum absolute atomic E-state index is 12.0. The van der Waals surface area contributed by atoms with E-state index in [1.807, 2.05) is 38.1 Å². The lowest BCUT2D eigenvalue weighted by Crippen LogP contribution is -2.39. The summed E-state index contributed by atoms with van der Waals surface area (Å²) in [6.07, 6.45) is 1.30. The molecule has 0 aromatic heterocycles. The topological polar surface area (TPSA) is 37.4 Å². The number of hydrogen-bond acceptors (Lipinski definition) is 2. The van der Waals surface area contributed by atoms with Gasteiger partial charge in [-0.2, -0.15) is 0 Å². The maximum Gasteiger partial charge on any atom is 0.232 e. The van der Waals surface area contributed by atoms with Crippen molar-refractivity contribution in [1.29, 1.82) is 0 Å². The molecule has 0 heterocycles. The molecule has 3 nitrogen and oxygen atoms in total. The molecule has 0 atom stereocenters. The highest BCUT2D eigenvalue weighted by Gasteiger charge is 2.30. The second-order valence-corrected chi connectivity index (χ2v) is 4.89. The lowest BCUT2D eigenvalue weighted by Gasteiger charge is -2.27. The second kappa shape index (κ2) is 5.13. The smallest absolute Gasteiger partial charge is 0.232 e. The second-order valence-electron chi connectivity index (χ2n) is 4.89. The van der Waals surface area contributed by atoms with Crippen LogP contribution < -0.4 is 0 Å². The summed E-state index contributed by atoms with van der Waals surface area (Å²) in [7, 11) is 3.51. The molecule has 0 radical (unpaired) electrons. The zero-order chi connectivity index (χ0) is 13.1. The summed E-state index contributed by atoms with van der Waals surface area (Å²) in [5.41, 5.74) is 1.39. The van der Waals surface area contributed by atoms with Gasteiger partial charge in [-0.3, -0.25) is 4.79 Å². The zero-order valence-electron chi connectivity index (χ0n) is 10.9. The molecule has 17 heavy (non-hydrogen) atoms. The monoisotopic (exact) mass is 233 g/mol. The van der Waals surface area contributed by atoms with Crippen LogP contribution in [0.5, 0.6) is 0 Å². The van der Waals surface area contributed by atoms with Crippen molar-refractivity contribution in [1.82, 2.24) is 4.90 Å². The van der Waals surface area contributed by atoms with Crippen molar-refractivity contribution in [2.45, 2.75) is 25.7 Å². The predicted molar refractivity (Wildman–Crippen MR) is 67.9 cm³/mol. The molecule has 0 aliphatic carbocycles. The standard InChI is InChI=1S/C14H19NO2/c1-14(2,13(17)15(3)4)12-7-5-11(6-8-12)9-10-16/h5-8,10H,9H2,1-4H3. The van der Waals surface area contributed by atoms with Gasteiger partial charge in [0.15, 0.2) is 0 Å². The van der Waals surface area contributed by atoms with Gasteiger partial charge in [0.25, 0.3) is 0 Å². The van der Waals surface area contributed by atoms with Crippen LogP contribution in [0.3, 0.4) is 0 Å². The van der Waals surface area contributed by atoms with Gasteiger partial charge < -0.3 is 9.69 Å². The number of carbonyl (C=O) groups excluding carboxylic acids is 2. The van der Waals surface area contributed by atoms with Gasteiger partial charge in [-0.15, -0.1) is 0 Å². The minimum atomic E-state index is -0.538. The Labute approximate surface area is 102 Å². The molecule has 1 aromatic rings. The van der Waals surface area contributed by atoms with Gasteiger partial charge in [0.2, 0.25) is 5.91 Å². The van der Waals surface area contributed by atoms with Crippen molar-refractivity contribution >= 4 is 12.2 Å². The Balaban J connectivity index is 2.99. The number of carbonyl (C=O) groups is 2. The van der Waals surface area contributed by atoms with Crippen molar-refractivity contribution in [3.8, 4) is 0 Å². The van der Waals surface area contributed by atoms with Gasteiger partial charge in [-0.1, -0.05) is 24.3 Å². The summed E-state index contributed by atoms with van der Waals surface area (Å²) in [5, 5.41) is 0. The third kappa shape index (κ3) is 2.93. The SMILES string of the molecule is CN(C)C(=O)C(C)(C)c1ccc(CC=O)cc1. The van der Waals surface area contributed by atoms with E-state index in [0.717, 1.165) is 17.4 Å². The lowest BCUT2D eigenvalue weighted by atomic mass is 9.83. The highest BCUT2D eigenvalue weighted by atomic mass is 16.2. The molecule has 0 fully saturated rings. The highest BCUT2D eigenvalue weighted by Crippen LogP contribution is 2.25. The van der Waals surface area contributed by atoms with E-state index in [4.69, 9.17) is 0 Å². The predicted octanol–water partition coefficient (Wildman–Crippen LogP) is 1.79. The van der Waals surface area contributed by atoms with Gasteiger partial charge in [0, 0.05) is 20.5 Å². The summed E-state index contributed by atoms with van der Waals surface area (Å²) in [6.45, 7) is 3.81. The average Bonchev–Trinajstić information content (AvgIpc) is 2.29. The Morgan fingerprint density at radius 2 is 1.76 bits per heavy atom. The van der Waals surface area contributed by atoms with E-state index in [9.17, 15) is 9.59 Å². The molecular weight excluding hydrogens is 214 g/mol. The first-order valence-corrected chi connectivity index (χ1v) is 5.64. The molecule has 0 saturated carbocycles. The summed E-state index contributed by atoms with van der Waals surface area (Å²) >= 11 is 0. The molecule has 0 aliphatic heterocycles. The van der Waals surface area contributed by atoms with Gasteiger partial charge >= 0.3 is 0 Å². The summed E-state index contributed by atoms with van der Waals surface area (Å²) in [6, 6.07) is 7.63. The van der Waals surface area contributed by atoms with E-state index in [-0.39, 0.29) is 5.91 Å². The van der Waals surface area contributed by atoms with Crippen molar-refractivity contribution < 1.29 is 9.59 Å². The number of rotatable bonds is 4. The number of likely N-dealkylation sites (N-methyl/N-ethyl adjacent to an activating group) is 1. The fourth-order valence-corrected chi connectivity index (χ4v) is 1.84. The molecule has 0 N–H and O–H groups in total. The summed E-state index contributed by atoms with van der Waals surface area (Å²) in [5.74, 6) is 0.0700. The van der Waals surface area contributed by atoms with Crippen molar-refractivity contribution in [2.75, 3.05) is 14.1 Å². The van der Waals surface area contributed by atoms with Gasteiger partial charge in [0.1, 0.15) is 6.29 Å². The molecular formula is C14H19NO2. The minimum absolute atomic E-state index is 0.0700. The van der Waals surface area contributed by atoms with E-state index >= 15 is 0 Å². The maximum atomic E-state index is 12.0. The van der Waals surface area contributed by atoms with E-state index in [1.165, 1.54) is 0 Å². The molecule has 0 saturated heterocycles. The van der Waals surface area contributed by atoms with Crippen molar-refractivity contribution in [3.63, 3.8) is 0 Å². The van der Waals surface area contributed by atoms with Crippen LogP contribution in [0.1, 0.15) is 25.0 Å². The Morgan fingerprint density at radius 3 is 2.18 bits per heavy atom. The normalized spacial score (nSPS) is 11.1. The Bertz CT molecular complexity index is 405. The van der Waals surface area contributed by atoms with Crippen LogP contribution in [0, 0.1) is 0 Å². The molecule has 0 spiro atoms. The first-order valence-electron chi connectivity index (χ1n) is 5.64. The van der Waals surface area contributed by atoms with Crippen LogP contribution in [0.4, 0.5) is 0 Å². The Hall–Kier alpha value is -1.64. The molecule has 92 valence electrons. The number of aldehydes is 1. The van der Waals surface area contributed by atoms with Gasteiger partial charge in [-0.05, 0) is 25.0 Å². The fraction of sp³-hybridized carbons (Fsp3) is 0.429. The molecule has 1 rings (SSSR count). The Morgan fingerprint density at radius 1 is 1.24 bits per heavy atom. The fourth-order valence-electron chi connectivity index (χ4n) is 1.84. The highest BCUT2D eigenvalue weighted by molar-refractivity contribution is 5.87. The van der Waals surface area contributed by atoms with Crippen LogP contribution in [-0.4, -0.2) is 31.2 Å². The summed E-state index contributed by atoms with van der Waals surface area (Å²) in [4.78, 5) is 24.0. The average molecular weight is 233 g/mol. The van der Waals surface area contributed by atoms with Crippen LogP contribution in [-0.2, 0) is 21.4 Å². The number of nitrogens with zero attached hydrogens (tertiary/aromatic N) is 1. The van der Waals surface area contributed by atoms with Crippen LogP contribution in [0.15, 0.2) is 24.3 Å². The van der Waals surface area contributed by atoms with Crippen LogP contribution in [0.25, 0.3) is 0 Å². The van der Waals surface area contributed by atoms with Gasteiger partial charge in [-0.25, -0.2) is 0 Å².